The average Bonchev–Trinajstić information content (AvgIpc) is 2.29. The van der Waals surface area contributed by atoms with Gasteiger partial charge in [-0.05, 0) is 24.1 Å². The van der Waals surface area contributed by atoms with Crippen molar-refractivity contribution >= 4 is 18.1 Å². The maximum atomic E-state index is 11.3. The van der Waals surface area contributed by atoms with Crippen LogP contribution in [-0.4, -0.2) is 59.9 Å². The summed E-state index contributed by atoms with van der Waals surface area (Å²) in [6.45, 7) is 1.22. The molecule has 5 nitrogen and oxygen atoms in total. The Bertz CT molecular complexity index is 272. The minimum absolute atomic E-state index is 0.517. The second-order valence-corrected chi connectivity index (χ2v) is 7.14. The van der Waals surface area contributed by atoms with Crippen LogP contribution >= 0.6 is 18.1 Å². The van der Waals surface area contributed by atoms with Gasteiger partial charge in [0.25, 0.3) is 0 Å². The lowest BCUT2D eigenvalue weighted by atomic mass is 10.0. The molecule has 0 amide bonds. The number of hydrogen-bond donors (Lipinski definition) is 1. The second kappa shape index (κ2) is 5.34. The Morgan fingerprint density at radius 1 is 1.19 bits per heavy atom. The number of morpholine rings is 1. The molecule has 94 valence electrons. The monoisotopic (exact) mass is 268 g/mol. The summed E-state index contributed by atoms with van der Waals surface area (Å²) in [6.07, 6.45) is 1.83. The zero-order valence-electron chi connectivity index (χ0n) is 9.22. The van der Waals surface area contributed by atoms with E-state index in [0.717, 1.165) is 39.1 Å². The normalized spacial score (nSPS) is 30.1. The third-order valence-corrected chi connectivity index (χ3v) is 5.09. The Labute approximate surface area is 101 Å². The van der Waals surface area contributed by atoms with Gasteiger partial charge in [-0.15, -0.1) is 0 Å². The Balaban J connectivity index is 1.82. The number of nitrogens with zero attached hydrogens (tertiary/aromatic N) is 2. The number of ether oxygens (including phenoxy) is 1. The third-order valence-electron chi connectivity index (χ3n) is 3.35. The van der Waals surface area contributed by atoms with Gasteiger partial charge in [-0.25, -0.2) is 4.67 Å². The average molecular weight is 269 g/mol. The molecule has 2 fully saturated rings. The fourth-order valence-electron chi connectivity index (χ4n) is 2.41. The van der Waals surface area contributed by atoms with E-state index in [1.54, 1.807) is 0 Å². The zero-order valence-corrected chi connectivity index (χ0v) is 10.9. The van der Waals surface area contributed by atoms with Crippen molar-refractivity contribution < 1.29 is 14.2 Å². The van der Waals surface area contributed by atoms with Crippen molar-refractivity contribution in [1.29, 1.82) is 0 Å². The van der Waals surface area contributed by atoms with Gasteiger partial charge in [0, 0.05) is 32.2 Å². The molecule has 0 aromatic heterocycles. The topological polar surface area (TPSA) is 53.0 Å². The van der Waals surface area contributed by atoms with Crippen LogP contribution < -0.4 is 0 Å². The molecule has 2 aliphatic rings. The number of halogens is 1. The molecule has 1 atom stereocenters. The first kappa shape index (κ1) is 12.8. The van der Waals surface area contributed by atoms with Crippen molar-refractivity contribution in [1.82, 2.24) is 9.57 Å². The summed E-state index contributed by atoms with van der Waals surface area (Å²) in [7, 11) is 0. The van der Waals surface area contributed by atoms with Gasteiger partial charge in [0.05, 0.1) is 13.2 Å². The molecule has 2 aliphatic heterocycles. The fraction of sp³-hybridized carbons (Fsp3) is 1.00. The van der Waals surface area contributed by atoms with Gasteiger partial charge >= 0.3 is 6.87 Å². The maximum Gasteiger partial charge on any atom is 0.360 e. The minimum atomic E-state index is -3.55. The highest BCUT2D eigenvalue weighted by Crippen LogP contribution is 2.51. The maximum absolute atomic E-state index is 11.3. The van der Waals surface area contributed by atoms with Crippen LogP contribution in [-0.2, 0) is 9.30 Å². The molecule has 2 heterocycles. The summed E-state index contributed by atoms with van der Waals surface area (Å²) in [4.78, 5) is 11.7. The number of rotatable bonds is 2. The standard InChI is InChI=1S/C9H18ClN2O3P/c10-16(13,14)12-3-1-9(2-4-12)11-5-7-15-8-6-11/h9H,1-8H2,(H,13,14). The van der Waals surface area contributed by atoms with Crippen LogP contribution in [0.2, 0.25) is 0 Å². The summed E-state index contributed by atoms with van der Waals surface area (Å²) in [5.41, 5.74) is 0. The van der Waals surface area contributed by atoms with E-state index in [1.807, 2.05) is 0 Å². The third kappa shape index (κ3) is 3.19. The fourth-order valence-corrected chi connectivity index (χ4v) is 3.58. The molecule has 16 heavy (non-hydrogen) atoms. The van der Waals surface area contributed by atoms with Crippen LogP contribution in [0.5, 0.6) is 0 Å². The van der Waals surface area contributed by atoms with Crippen molar-refractivity contribution in [2.75, 3.05) is 39.4 Å². The zero-order chi connectivity index (χ0) is 11.6. The predicted octanol–water partition coefficient (Wildman–Crippen LogP) is 1.12. The minimum Gasteiger partial charge on any atom is -0.379 e. The van der Waals surface area contributed by atoms with Crippen LogP contribution in [0.1, 0.15) is 12.8 Å². The SMILES string of the molecule is O=P(O)(Cl)N1CCC(N2CCOCC2)CC1. The molecule has 1 N–H and O–H groups in total. The summed E-state index contributed by atoms with van der Waals surface area (Å²) >= 11 is 5.45. The highest BCUT2D eigenvalue weighted by atomic mass is 35.7. The Morgan fingerprint density at radius 2 is 1.75 bits per heavy atom. The quantitative estimate of drug-likeness (QED) is 0.761. The van der Waals surface area contributed by atoms with Crippen molar-refractivity contribution in [3.8, 4) is 0 Å². The molecule has 7 heteroatoms. The molecular formula is C9H18ClN2O3P. The van der Waals surface area contributed by atoms with E-state index in [2.05, 4.69) is 4.90 Å². The van der Waals surface area contributed by atoms with E-state index in [4.69, 9.17) is 16.0 Å². The molecule has 0 aromatic carbocycles. The van der Waals surface area contributed by atoms with Crippen molar-refractivity contribution in [2.45, 2.75) is 18.9 Å². The first-order valence-electron chi connectivity index (χ1n) is 5.67. The molecule has 1 unspecified atom stereocenters. The Kier molecular flexibility index (Phi) is 4.27. The first-order valence-corrected chi connectivity index (χ1v) is 8.19. The van der Waals surface area contributed by atoms with Crippen molar-refractivity contribution in [2.24, 2.45) is 0 Å². The lowest BCUT2D eigenvalue weighted by Crippen LogP contribution is -2.48. The van der Waals surface area contributed by atoms with E-state index >= 15 is 0 Å². The van der Waals surface area contributed by atoms with Gasteiger partial charge in [-0.2, -0.15) is 0 Å². The summed E-state index contributed by atoms with van der Waals surface area (Å²) < 4.78 is 18.1. The van der Waals surface area contributed by atoms with Gasteiger partial charge in [0.1, 0.15) is 0 Å². The Morgan fingerprint density at radius 3 is 2.25 bits per heavy atom. The van der Waals surface area contributed by atoms with Gasteiger partial charge in [-0.1, -0.05) is 0 Å². The molecule has 0 saturated carbocycles. The largest absolute Gasteiger partial charge is 0.379 e. The summed E-state index contributed by atoms with van der Waals surface area (Å²) in [5, 5.41) is 0. The van der Waals surface area contributed by atoms with Crippen LogP contribution in [0.15, 0.2) is 0 Å². The van der Waals surface area contributed by atoms with Crippen LogP contribution in [0.25, 0.3) is 0 Å². The molecule has 0 aromatic rings. The molecule has 0 spiro atoms. The molecule has 0 aliphatic carbocycles. The smallest absolute Gasteiger partial charge is 0.360 e. The van der Waals surface area contributed by atoms with Crippen LogP contribution in [0.3, 0.4) is 0 Å². The van der Waals surface area contributed by atoms with E-state index in [-0.39, 0.29) is 0 Å². The van der Waals surface area contributed by atoms with E-state index in [1.165, 1.54) is 4.67 Å². The van der Waals surface area contributed by atoms with Gasteiger partial charge in [0.15, 0.2) is 0 Å². The van der Waals surface area contributed by atoms with Gasteiger partial charge in [0.2, 0.25) is 0 Å². The highest BCUT2D eigenvalue weighted by molar-refractivity contribution is 7.82. The number of piperidine rings is 1. The van der Waals surface area contributed by atoms with E-state index in [9.17, 15) is 9.46 Å². The number of hydrogen-bond acceptors (Lipinski definition) is 3. The van der Waals surface area contributed by atoms with Crippen LogP contribution in [0, 0.1) is 0 Å². The van der Waals surface area contributed by atoms with Gasteiger partial charge in [-0.3, -0.25) is 9.46 Å². The summed E-state index contributed by atoms with van der Waals surface area (Å²) in [6, 6.07) is 0.517. The lowest BCUT2D eigenvalue weighted by Gasteiger charge is -2.39. The molecule has 0 radical (unpaired) electrons. The lowest BCUT2D eigenvalue weighted by molar-refractivity contribution is 0.00567. The predicted molar refractivity (Wildman–Crippen MR) is 62.7 cm³/mol. The van der Waals surface area contributed by atoms with Crippen molar-refractivity contribution in [3.63, 3.8) is 0 Å². The Hall–Kier alpha value is 0.360. The summed E-state index contributed by atoms with van der Waals surface area (Å²) in [5.74, 6) is 0. The molecular weight excluding hydrogens is 251 g/mol. The second-order valence-electron chi connectivity index (χ2n) is 4.31. The first-order chi connectivity index (χ1) is 7.57. The van der Waals surface area contributed by atoms with Crippen molar-refractivity contribution in [3.05, 3.63) is 0 Å². The van der Waals surface area contributed by atoms with Crippen LogP contribution in [0.4, 0.5) is 0 Å². The van der Waals surface area contributed by atoms with E-state index in [0.29, 0.717) is 19.1 Å². The highest BCUT2D eigenvalue weighted by Gasteiger charge is 2.32. The molecule has 2 rings (SSSR count). The molecule has 2 saturated heterocycles. The van der Waals surface area contributed by atoms with Gasteiger partial charge < -0.3 is 9.63 Å². The van der Waals surface area contributed by atoms with E-state index < -0.39 is 6.87 Å². The molecule has 0 bridgehead atoms.